The van der Waals surface area contributed by atoms with Crippen molar-refractivity contribution in [3.05, 3.63) is 29.0 Å². The molecule has 0 aromatic heterocycles. The van der Waals surface area contributed by atoms with Crippen molar-refractivity contribution in [3.8, 4) is 0 Å². The summed E-state index contributed by atoms with van der Waals surface area (Å²) in [6.07, 6.45) is 3.38. The molecule has 100 valence electrons. The lowest BCUT2D eigenvalue weighted by Gasteiger charge is -2.34. The van der Waals surface area contributed by atoms with Crippen LogP contribution in [0.3, 0.4) is 0 Å². The van der Waals surface area contributed by atoms with E-state index in [9.17, 15) is 4.39 Å². The summed E-state index contributed by atoms with van der Waals surface area (Å²) < 4.78 is 13.3. The predicted molar refractivity (Wildman–Crippen MR) is 74.9 cm³/mol. The Labute approximate surface area is 113 Å². The fourth-order valence-corrected chi connectivity index (χ4v) is 2.63. The van der Waals surface area contributed by atoms with Gasteiger partial charge in [-0.15, -0.1) is 0 Å². The summed E-state index contributed by atoms with van der Waals surface area (Å²) >= 11 is 5.89. The highest BCUT2D eigenvalue weighted by molar-refractivity contribution is 6.30. The van der Waals surface area contributed by atoms with Crippen molar-refractivity contribution < 1.29 is 4.39 Å². The van der Waals surface area contributed by atoms with Gasteiger partial charge in [0, 0.05) is 29.8 Å². The van der Waals surface area contributed by atoms with Gasteiger partial charge in [0.05, 0.1) is 0 Å². The van der Waals surface area contributed by atoms with Crippen molar-refractivity contribution in [1.82, 2.24) is 5.32 Å². The van der Waals surface area contributed by atoms with Crippen molar-refractivity contribution in [2.75, 3.05) is 24.5 Å². The molecule has 0 bridgehead atoms. The first kappa shape index (κ1) is 13.6. The molecule has 4 heteroatoms. The normalized spacial score (nSPS) is 17.2. The maximum atomic E-state index is 13.3. The van der Waals surface area contributed by atoms with Gasteiger partial charge >= 0.3 is 0 Å². The van der Waals surface area contributed by atoms with Crippen LogP contribution in [0.1, 0.15) is 26.2 Å². The first-order valence-corrected chi connectivity index (χ1v) is 7.01. The maximum absolute atomic E-state index is 13.3. The topological polar surface area (TPSA) is 15.3 Å². The Hall–Kier alpha value is -0.800. The maximum Gasteiger partial charge on any atom is 0.126 e. The molecule has 1 aromatic rings. The SMILES string of the molecule is CCCNC1CCN(c2cc(F)cc(Cl)c2)CC1. The number of anilines is 1. The molecule has 0 radical (unpaired) electrons. The van der Waals surface area contributed by atoms with Gasteiger partial charge < -0.3 is 10.2 Å². The van der Waals surface area contributed by atoms with E-state index in [1.165, 1.54) is 12.5 Å². The van der Waals surface area contributed by atoms with E-state index in [4.69, 9.17) is 11.6 Å². The van der Waals surface area contributed by atoms with Gasteiger partial charge in [0.15, 0.2) is 0 Å². The minimum Gasteiger partial charge on any atom is -0.371 e. The van der Waals surface area contributed by atoms with Gasteiger partial charge in [-0.3, -0.25) is 0 Å². The van der Waals surface area contributed by atoms with Crippen LogP contribution in [0, 0.1) is 5.82 Å². The van der Waals surface area contributed by atoms with Crippen molar-refractivity contribution in [1.29, 1.82) is 0 Å². The number of nitrogens with one attached hydrogen (secondary N) is 1. The third kappa shape index (κ3) is 3.59. The highest BCUT2D eigenvalue weighted by atomic mass is 35.5. The molecule has 0 saturated carbocycles. The fourth-order valence-electron chi connectivity index (χ4n) is 2.41. The number of hydrogen-bond acceptors (Lipinski definition) is 2. The zero-order valence-corrected chi connectivity index (χ0v) is 11.5. The van der Waals surface area contributed by atoms with Gasteiger partial charge in [0.2, 0.25) is 0 Å². The van der Waals surface area contributed by atoms with E-state index in [2.05, 4.69) is 17.1 Å². The molecule has 2 nitrogen and oxygen atoms in total. The standard InChI is InChI=1S/C14H20ClFN2/c1-2-5-17-13-3-6-18(7-4-13)14-9-11(15)8-12(16)10-14/h8-10,13,17H,2-7H2,1H3. The molecule has 2 rings (SSSR count). The molecular formula is C14H20ClFN2. The molecule has 1 aliphatic heterocycles. The molecule has 1 heterocycles. The van der Waals surface area contributed by atoms with E-state index < -0.39 is 0 Å². The second-order valence-electron chi connectivity index (χ2n) is 4.84. The number of hydrogen-bond donors (Lipinski definition) is 1. The first-order valence-electron chi connectivity index (χ1n) is 6.63. The molecule has 1 N–H and O–H groups in total. The molecule has 18 heavy (non-hydrogen) atoms. The molecule has 1 fully saturated rings. The smallest absolute Gasteiger partial charge is 0.126 e. The van der Waals surface area contributed by atoms with Crippen LogP contribution in [0.25, 0.3) is 0 Å². The average Bonchev–Trinajstić information content (AvgIpc) is 2.36. The third-order valence-electron chi connectivity index (χ3n) is 3.39. The van der Waals surface area contributed by atoms with Gasteiger partial charge in [-0.05, 0) is 44.0 Å². The largest absolute Gasteiger partial charge is 0.371 e. The summed E-state index contributed by atoms with van der Waals surface area (Å²) in [5, 5.41) is 4.01. The van der Waals surface area contributed by atoms with Crippen molar-refractivity contribution in [3.63, 3.8) is 0 Å². The Morgan fingerprint density at radius 2 is 2.06 bits per heavy atom. The van der Waals surface area contributed by atoms with Crippen molar-refractivity contribution in [2.45, 2.75) is 32.2 Å². The first-order chi connectivity index (χ1) is 8.69. The molecule has 0 spiro atoms. The molecule has 1 aliphatic rings. The highest BCUT2D eigenvalue weighted by Gasteiger charge is 2.19. The van der Waals surface area contributed by atoms with Gasteiger partial charge in [-0.2, -0.15) is 0 Å². The minimum atomic E-state index is -0.260. The summed E-state index contributed by atoms with van der Waals surface area (Å²) in [5.41, 5.74) is 0.897. The Kier molecular flexibility index (Phi) is 4.84. The molecule has 1 aromatic carbocycles. The van der Waals surface area contributed by atoms with E-state index in [1.807, 2.05) is 6.07 Å². The van der Waals surface area contributed by atoms with Crippen LogP contribution < -0.4 is 10.2 Å². The van der Waals surface area contributed by atoms with E-state index in [0.717, 1.165) is 38.2 Å². The monoisotopic (exact) mass is 270 g/mol. The average molecular weight is 271 g/mol. The van der Waals surface area contributed by atoms with Gasteiger partial charge in [-0.25, -0.2) is 4.39 Å². The Balaban J connectivity index is 1.92. The fraction of sp³-hybridized carbons (Fsp3) is 0.571. The Morgan fingerprint density at radius 1 is 1.33 bits per heavy atom. The van der Waals surface area contributed by atoms with Crippen LogP contribution in [-0.2, 0) is 0 Å². The Bertz CT molecular complexity index is 369. The number of rotatable bonds is 4. The summed E-state index contributed by atoms with van der Waals surface area (Å²) in [6, 6.07) is 5.35. The zero-order chi connectivity index (χ0) is 13.0. The molecule has 0 aliphatic carbocycles. The van der Waals surface area contributed by atoms with Gasteiger partial charge in [-0.1, -0.05) is 18.5 Å². The minimum absolute atomic E-state index is 0.260. The van der Waals surface area contributed by atoms with Crippen LogP contribution >= 0.6 is 11.6 Å². The number of benzene rings is 1. The van der Waals surface area contributed by atoms with Crippen LogP contribution in [0.5, 0.6) is 0 Å². The van der Waals surface area contributed by atoms with E-state index in [1.54, 1.807) is 6.07 Å². The zero-order valence-electron chi connectivity index (χ0n) is 10.8. The van der Waals surface area contributed by atoms with E-state index in [0.29, 0.717) is 11.1 Å². The lowest BCUT2D eigenvalue weighted by Crippen LogP contribution is -2.42. The third-order valence-corrected chi connectivity index (χ3v) is 3.61. The second kappa shape index (κ2) is 6.39. The van der Waals surface area contributed by atoms with Crippen LogP contribution in [0.2, 0.25) is 5.02 Å². The second-order valence-corrected chi connectivity index (χ2v) is 5.28. The van der Waals surface area contributed by atoms with Crippen LogP contribution in [0.4, 0.5) is 10.1 Å². The van der Waals surface area contributed by atoms with Crippen molar-refractivity contribution >= 4 is 17.3 Å². The summed E-state index contributed by atoms with van der Waals surface area (Å²) in [6.45, 7) is 5.18. The summed E-state index contributed by atoms with van der Waals surface area (Å²) in [4.78, 5) is 2.21. The summed E-state index contributed by atoms with van der Waals surface area (Å²) in [7, 11) is 0. The van der Waals surface area contributed by atoms with Gasteiger partial charge in [0.1, 0.15) is 5.82 Å². The molecule has 1 saturated heterocycles. The Morgan fingerprint density at radius 3 is 2.67 bits per heavy atom. The number of piperidine rings is 1. The van der Waals surface area contributed by atoms with Gasteiger partial charge in [0.25, 0.3) is 0 Å². The van der Waals surface area contributed by atoms with Crippen molar-refractivity contribution in [2.24, 2.45) is 0 Å². The van der Waals surface area contributed by atoms with E-state index >= 15 is 0 Å². The highest BCUT2D eigenvalue weighted by Crippen LogP contribution is 2.24. The molecule has 0 atom stereocenters. The lowest BCUT2D eigenvalue weighted by molar-refractivity contribution is 0.415. The number of halogens is 2. The molecule has 0 amide bonds. The predicted octanol–water partition coefficient (Wildman–Crippen LogP) is 3.45. The van der Waals surface area contributed by atoms with Crippen LogP contribution in [0.15, 0.2) is 18.2 Å². The summed E-state index contributed by atoms with van der Waals surface area (Å²) in [5.74, 6) is -0.260. The quantitative estimate of drug-likeness (QED) is 0.902. The van der Waals surface area contributed by atoms with E-state index in [-0.39, 0.29) is 5.82 Å². The lowest BCUT2D eigenvalue weighted by atomic mass is 10.0. The number of nitrogens with zero attached hydrogens (tertiary/aromatic N) is 1. The molecule has 0 unspecified atom stereocenters. The molecular weight excluding hydrogens is 251 g/mol. The van der Waals surface area contributed by atoms with Crippen LogP contribution in [-0.4, -0.2) is 25.7 Å².